The number of nitrogens with zero attached hydrogens (tertiary/aromatic N) is 1. The van der Waals surface area contributed by atoms with Crippen LogP contribution in [0, 0.1) is 0 Å². The molecule has 3 heteroatoms. The summed E-state index contributed by atoms with van der Waals surface area (Å²) in [6, 6.07) is 15.0. The van der Waals surface area contributed by atoms with Gasteiger partial charge in [0.15, 0.2) is 8.24 Å². The maximum absolute atomic E-state index is 11.2. The quantitative estimate of drug-likeness (QED) is 0.662. The lowest BCUT2D eigenvalue weighted by Crippen LogP contribution is -2.57. The van der Waals surface area contributed by atoms with Crippen LogP contribution in [0.4, 0.5) is 5.69 Å². The molecule has 2 aromatic carbocycles. The average molecular weight is 392 g/mol. The van der Waals surface area contributed by atoms with Gasteiger partial charge in [-0.1, -0.05) is 81.5 Å². The van der Waals surface area contributed by atoms with E-state index in [4.69, 9.17) is 0 Å². The summed E-state index contributed by atoms with van der Waals surface area (Å²) >= 11 is 0. The van der Waals surface area contributed by atoms with Crippen molar-refractivity contribution < 1.29 is 5.11 Å². The molecule has 1 N–H and O–H groups in total. The number of allylic oxidation sites excluding steroid dienone is 4. The van der Waals surface area contributed by atoms with E-state index in [1.165, 1.54) is 11.3 Å². The molecule has 0 aromatic heterocycles. The second kappa shape index (κ2) is 7.63. The number of hydrogen-bond acceptors (Lipinski definition) is 2. The summed E-state index contributed by atoms with van der Waals surface area (Å²) in [5.74, 6) is 0.874. The summed E-state index contributed by atoms with van der Waals surface area (Å²) in [6.45, 7) is 11.1. The van der Waals surface area contributed by atoms with Crippen LogP contribution in [0.1, 0.15) is 44.2 Å². The second-order valence-corrected chi connectivity index (χ2v) is 13.6. The molecular formula is C25H33NOSi. The smallest absolute Gasteiger partial charge is 0.185 e. The van der Waals surface area contributed by atoms with Crippen LogP contribution in [0.25, 0.3) is 0 Å². The van der Waals surface area contributed by atoms with Crippen molar-refractivity contribution in [1.29, 1.82) is 0 Å². The summed E-state index contributed by atoms with van der Waals surface area (Å²) in [5.41, 5.74) is 3.57. The van der Waals surface area contributed by atoms with E-state index in [1.807, 2.05) is 0 Å². The molecule has 0 saturated heterocycles. The number of anilines is 1. The zero-order valence-corrected chi connectivity index (χ0v) is 19.0. The number of aromatic hydroxyl groups is 1. The van der Waals surface area contributed by atoms with Crippen molar-refractivity contribution in [3.63, 3.8) is 0 Å². The molecule has 0 amide bonds. The molecule has 1 aliphatic rings. The lowest BCUT2D eigenvalue weighted by atomic mass is 9.86. The molecule has 0 aliphatic heterocycles. The molecule has 28 heavy (non-hydrogen) atoms. The van der Waals surface area contributed by atoms with Gasteiger partial charge in [0.05, 0.1) is 0 Å². The van der Waals surface area contributed by atoms with Crippen LogP contribution < -0.4 is 9.75 Å². The predicted octanol–water partition coefficient (Wildman–Crippen LogP) is 5.84. The maximum Gasteiger partial charge on any atom is 0.185 e. The third-order valence-electron chi connectivity index (χ3n) is 6.02. The summed E-state index contributed by atoms with van der Waals surface area (Å²) in [5, 5.41) is 12.3. The van der Waals surface area contributed by atoms with E-state index in [9.17, 15) is 5.11 Å². The first-order valence-electron chi connectivity index (χ1n) is 10.1. The fraction of sp³-hybridized carbons (Fsp3) is 0.360. The Kier molecular flexibility index (Phi) is 5.58. The van der Waals surface area contributed by atoms with Gasteiger partial charge in [0.1, 0.15) is 5.75 Å². The minimum absolute atomic E-state index is 0.0831. The third-order valence-corrected chi connectivity index (χ3v) is 9.66. The van der Waals surface area contributed by atoms with Crippen LogP contribution in [0.15, 0.2) is 66.8 Å². The minimum Gasteiger partial charge on any atom is -0.508 e. The molecule has 0 saturated carbocycles. The molecule has 2 aromatic rings. The molecule has 0 fully saturated rings. The van der Waals surface area contributed by atoms with Crippen LogP contribution in [-0.4, -0.2) is 20.4 Å². The van der Waals surface area contributed by atoms with Crippen LogP contribution >= 0.6 is 0 Å². The zero-order chi connectivity index (χ0) is 20.5. The van der Waals surface area contributed by atoms with Crippen LogP contribution in [0.2, 0.25) is 13.1 Å². The van der Waals surface area contributed by atoms with Crippen LogP contribution in [-0.2, 0) is 5.41 Å². The first-order chi connectivity index (χ1) is 13.1. The SMILES string of the molecule is CN(c1ccccc1C1C=CC=CC1)[Si](C)(C)c1cccc(C(C)(C)C)c1O. The second-order valence-electron chi connectivity index (χ2n) is 9.28. The Labute approximate surface area is 171 Å². The van der Waals surface area contributed by atoms with E-state index < -0.39 is 8.24 Å². The summed E-state index contributed by atoms with van der Waals surface area (Å²) < 4.78 is 2.44. The third kappa shape index (κ3) is 3.81. The predicted molar refractivity (Wildman–Crippen MR) is 124 cm³/mol. The van der Waals surface area contributed by atoms with Crippen molar-refractivity contribution >= 4 is 19.1 Å². The molecule has 0 heterocycles. The molecule has 0 radical (unpaired) electrons. The van der Waals surface area contributed by atoms with E-state index in [0.29, 0.717) is 11.7 Å². The molecule has 148 valence electrons. The van der Waals surface area contributed by atoms with Gasteiger partial charge in [0, 0.05) is 16.8 Å². The Hall–Kier alpha value is -2.26. The summed E-state index contributed by atoms with van der Waals surface area (Å²) in [4.78, 5) is 0. The Bertz CT molecular complexity index is 905. The van der Waals surface area contributed by atoms with E-state index in [2.05, 4.69) is 112 Å². The Morgan fingerprint density at radius 3 is 2.36 bits per heavy atom. The van der Waals surface area contributed by atoms with Gasteiger partial charge in [0.2, 0.25) is 0 Å². The average Bonchev–Trinajstić information content (AvgIpc) is 2.67. The highest BCUT2D eigenvalue weighted by Gasteiger charge is 2.35. The van der Waals surface area contributed by atoms with Gasteiger partial charge in [-0.2, -0.15) is 0 Å². The maximum atomic E-state index is 11.2. The first kappa shape index (κ1) is 20.5. The van der Waals surface area contributed by atoms with Gasteiger partial charge in [-0.3, -0.25) is 0 Å². The van der Waals surface area contributed by atoms with Crippen molar-refractivity contribution in [2.75, 3.05) is 11.6 Å². The molecule has 1 aliphatic carbocycles. The molecule has 0 spiro atoms. The van der Waals surface area contributed by atoms with Gasteiger partial charge in [-0.15, -0.1) is 0 Å². The van der Waals surface area contributed by atoms with E-state index in [-0.39, 0.29) is 5.41 Å². The largest absolute Gasteiger partial charge is 0.508 e. The molecular weight excluding hydrogens is 358 g/mol. The van der Waals surface area contributed by atoms with E-state index in [1.54, 1.807) is 0 Å². The monoisotopic (exact) mass is 391 g/mol. The summed E-state index contributed by atoms with van der Waals surface area (Å²) in [7, 11) is 0.0590. The number of para-hydroxylation sites is 2. The zero-order valence-electron chi connectivity index (χ0n) is 18.0. The first-order valence-corrected chi connectivity index (χ1v) is 13.1. The topological polar surface area (TPSA) is 23.5 Å². The Morgan fingerprint density at radius 2 is 1.71 bits per heavy atom. The summed E-state index contributed by atoms with van der Waals surface area (Å²) in [6.07, 6.45) is 9.83. The van der Waals surface area contributed by atoms with E-state index >= 15 is 0 Å². The normalized spacial score (nSPS) is 17.0. The highest BCUT2D eigenvalue weighted by atomic mass is 28.3. The minimum atomic E-state index is -2.13. The van der Waals surface area contributed by atoms with Gasteiger partial charge < -0.3 is 9.67 Å². The van der Waals surface area contributed by atoms with Gasteiger partial charge in [-0.05, 0) is 49.2 Å². The van der Waals surface area contributed by atoms with Crippen LogP contribution in [0.3, 0.4) is 0 Å². The molecule has 2 nitrogen and oxygen atoms in total. The van der Waals surface area contributed by atoms with Gasteiger partial charge in [-0.25, -0.2) is 0 Å². The van der Waals surface area contributed by atoms with Crippen LogP contribution in [0.5, 0.6) is 5.75 Å². The Morgan fingerprint density at radius 1 is 1.00 bits per heavy atom. The number of rotatable bonds is 4. The Balaban J connectivity index is 2.05. The van der Waals surface area contributed by atoms with Crippen molar-refractivity contribution in [2.45, 2.75) is 51.6 Å². The van der Waals surface area contributed by atoms with Gasteiger partial charge in [0.25, 0.3) is 0 Å². The molecule has 0 bridgehead atoms. The molecule has 3 rings (SSSR count). The number of phenolic OH excluding ortho intramolecular Hbond substituents is 1. The molecule has 1 atom stereocenters. The number of phenols is 1. The number of benzene rings is 2. The van der Waals surface area contributed by atoms with E-state index in [0.717, 1.165) is 17.2 Å². The van der Waals surface area contributed by atoms with Crippen molar-refractivity contribution in [3.8, 4) is 5.75 Å². The standard InChI is InChI=1S/C25H33NOSi/c1-25(2,3)21-16-12-18-23(24(21)27)28(5,6)26(4)22-17-11-10-15-20(22)19-13-8-7-9-14-19/h7-13,15-19,27H,14H2,1-6H3. The lowest BCUT2D eigenvalue weighted by molar-refractivity contribution is 0.450. The van der Waals surface area contributed by atoms with Gasteiger partial charge >= 0.3 is 0 Å². The fourth-order valence-electron chi connectivity index (χ4n) is 4.04. The van der Waals surface area contributed by atoms with Crippen molar-refractivity contribution in [1.82, 2.24) is 0 Å². The number of hydrogen-bond donors (Lipinski definition) is 1. The highest BCUT2D eigenvalue weighted by Crippen LogP contribution is 2.36. The van der Waals surface area contributed by atoms with Crippen molar-refractivity contribution in [2.24, 2.45) is 0 Å². The highest BCUT2D eigenvalue weighted by molar-refractivity contribution is 6.93. The lowest BCUT2D eigenvalue weighted by Gasteiger charge is -2.39. The fourth-order valence-corrected chi connectivity index (χ4v) is 6.43. The van der Waals surface area contributed by atoms with Crippen molar-refractivity contribution in [3.05, 3.63) is 77.9 Å². The molecule has 1 unspecified atom stereocenters.